The SMILES string of the molecule is CC(C)OCCOCCOCCOCCOCCOCCOCCOCCOCCOCCOCc1ccccc1. The van der Waals surface area contributed by atoms with Crippen molar-refractivity contribution in [2.24, 2.45) is 0 Å². The molecular formula is C30H54O11. The fraction of sp³-hybridized carbons (Fsp3) is 0.800. The zero-order valence-electron chi connectivity index (χ0n) is 25.3. The molecule has 0 spiro atoms. The minimum atomic E-state index is 0.234. The van der Waals surface area contributed by atoms with E-state index in [0.717, 1.165) is 5.56 Å². The van der Waals surface area contributed by atoms with Crippen LogP contribution in [0.4, 0.5) is 0 Å². The number of rotatable bonds is 33. The average molecular weight is 591 g/mol. The van der Waals surface area contributed by atoms with Crippen molar-refractivity contribution in [1.82, 2.24) is 0 Å². The average Bonchev–Trinajstić information content (AvgIpc) is 2.98. The molecule has 11 nitrogen and oxygen atoms in total. The number of benzene rings is 1. The lowest BCUT2D eigenvalue weighted by molar-refractivity contribution is -0.0288. The number of hydrogen-bond donors (Lipinski definition) is 0. The first-order valence-electron chi connectivity index (χ1n) is 14.7. The van der Waals surface area contributed by atoms with Gasteiger partial charge < -0.3 is 52.1 Å². The molecule has 0 heterocycles. The van der Waals surface area contributed by atoms with Crippen LogP contribution in [0.15, 0.2) is 30.3 Å². The lowest BCUT2D eigenvalue weighted by Crippen LogP contribution is -2.15. The van der Waals surface area contributed by atoms with Gasteiger partial charge in [-0.2, -0.15) is 0 Å². The van der Waals surface area contributed by atoms with Crippen LogP contribution in [0.2, 0.25) is 0 Å². The largest absolute Gasteiger partial charge is 0.377 e. The maximum absolute atomic E-state index is 5.56. The summed E-state index contributed by atoms with van der Waals surface area (Å²) in [7, 11) is 0. The van der Waals surface area contributed by atoms with Crippen LogP contribution in [-0.2, 0) is 58.7 Å². The molecule has 0 aliphatic heterocycles. The molecule has 0 aliphatic rings. The van der Waals surface area contributed by atoms with Crippen molar-refractivity contribution >= 4 is 0 Å². The van der Waals surface area contributed by atoms with E-state index in [2.05, 4.69) is 0 Å². The molecule has 0 radical (unpaired) electrons. The Morgan fingerprint density at radius 2 is 0.634 bits per heavy atom. The number of ether oxygens (including phenoxy) is 11. The van der Waals surface area contributed by atoms with Gasteiger partial charge in [0.25, 0.3) is 0 Å². The Morgan fingerprint density at radius 1 is 0.366 bits per heavy atom. The Hall–Kier alpha value is -1.22. The maximum Gasteiger partial charge on any atom is 0.0718 e. The summed E-state index contributed by atoms with van der Waals surface area (Å²) in [6, 6.07) is 10.1. The van der Waals surface area contributed by atoms with E-state index in [9.17, 15) is 0 Å². The molecule has 0 saturated carbocycles. The quantitative estimate of drug-likeness (QED) is 0.113. The summed E-state index contributed by atoms with van der Waals surface area (Å²) >= 11 is 0. The van der Waals surface area contributed by atoms with E-state index in [0.29, 0.717) is 139 Å². The minimum Gasteiger partial charge on any atom is -0.377 e. The van der Waals surface area contributed by atoms with Crippen LogP contribution in [0.5, 0.6) is 0 Å². The zero-order chi connectivity index (χ0) is 29.3. The molecular weight excluding hydrogens is 536 g/mol. The second-order valence-corrected chi connectivity index (χ2v) is 8.97. The standard InChI is InChI=1S/C30H54O11/c1-29(2)41-27-26-39-23-22-37-19-18-35-15-14-33-11-10-31-8-9-32-12-13-34-16-17-36-20-21-38-24-25-40-28-30-6-4-3-5-7-30/h3-7,29H,8-28H2,1-2H3. The first kappa shape index (κ1) is 37.8. The van der Waals surface area contributed by atoms with Crippen molar-refractivity contribution in [2.75, 3.05) is 132 Å². The van der Waals surface area contributed by atoms with Crippen molar-refractivity contribution in [1.29, 1.82) is 0 Å². The minimum absolute atomic E-state index is 0.234. The molecule has 1 aromatic rings. The van der Waals surface area contributed by atoms with Crippen LogP contribution in [0.25, 0.3) is 0 Å². The third-order valence-corrected chi connectivity index (χ3v) is 5.14. The van der Waals surface area contributed by atoms with E-state index >= 15 is 0 Å². The molecule has 0 saturated heterocycles. The van der Waals surface area contributed by atoms with E-state index in [1.807, 2.05) is 44.2 Å². The van der Waals surface area contributed by atoms with E-state index in [-0.39, 0.29) is 6.10 Å². The van der Waals surface area contributed by atoms with Gasteiger partial charge >= 0.3 is 0 Å². The van der Waals surface area contributed by atoms with Crippen LogP contribution in [-0.4, -0.2) is 138 Å². The smallest absolute Gasteiger partial charge is 0.0718 e. The van der Waals surface area contributed by atoms with Gasteiger partial charge in [0.2, 0.25) is 0 Å². The molecule has 240 valence electrons. The molecule has 0 aliphatic carbocycles. The van der Waals surface area contributed by atoms with Crippen LogP contribution < -0.4 is 0 Å². The van der Waals surface area contributed by atoms with Gasteiger partial charge in [-0.15, -0.1) is 0 Å². The Balaban J connectivity index is 1.62. The van der Waals surface area contributed by atoms with Crippen LogP contribution in [0, 0.1) is 0 Å². The molecule has 0 fully saturated rings. The Bertz CT molecular complexity index is 622. The van der Waals surface area contributed by atoms with E-state index in [1.165, 1.54) is 0 Å². The predicted molar refractivity (Wildman–Crippen MR) is 155 cm³/mol. The molecule has 0 N–H and O–H groups in total. The fourth-order valence-corrected chi connectivity index (χ4v) is 3.09. The highest BCUT2D eigenvalue weighted by Crippen LogP contribution is 2.00. The van der Waals surface area contributed by atoms with Crippen LogP contribution >= 0.6 is 0 Å². The summed E-state index contributed by atoms with van der Waals surface area (Å²) in [6.07, 6.45) is 0.234. The van der Waals surface area contributed by atoms with Crippen LogP contribution in [0.3, 0.4) is 0 Å². The first-order valence-corrected chi connectivity index (χ1v) is 14.7. The van der Waals surface area contributed by atoms with Gasteiger partial charge in [0.05, 0.1) is 145 Å². The lowest BCUT2D eigenvalue weighted by Gasteiger charge is -2.09. The molecule has 1 aromatic carbocycles. The topological polar surface area (TPSA) is 102 Å². The van der Waals surface area contributed by atoms with Gasteiger partial charge in [-0.05, 0) is 19.4 Å². The molecule has 0 aromatic heterocycles. The highest BCUT2D eigenvalue weighted by Gasteiger charge is 1.97. The van der Waals surface area contributed by atoms with Gasteiger partial charge in [0.15, 0.2) is 0 Å². The summed E-state index contributed by atoms with van der Waals surface area (Å²) in [5, 5.41) is 0. The van der Waals surface area contributed by atoms with Gasteiger partial charge in [-0.1, -0.05) is 30.3 Å². The van der Waals surface area contributed by atoms with Crippen molar-refractivity contribution in [2.45, 2.75) is 26.6 Å². The van der Waals surface area contributed by atoms with Crippen molar-refractivity contribution in [3.8, 4) is 0 Å². The molecule has 0 unspecified atom stereocenters. The molecule has 0 atom stereocenters. The highest BCUT2D eigenvalue weighted by atomic mass is 16.6. The van der Waals surface area contributed by atoms with Gasteiger partial charge in [0.1, 0.15) is 0 Å². The summed E-state index contributed by atoms with van der Waals surface area (Å²) in [5.74, 6) is 0. The Labute approximate surface area is 246 Å². The molecule has 41 heavy (non-hydrogen) atoms. The third-order valence-electron chi connectivity index (χ3n) is 5.14. The Morgan fingerprint density at radius 3 is 0.927 bits per heavy atom. The van der Waals surface area contributed by atoms with Crippen molar-refractivity contribution < 1.29 is 52.1 Å². The van der Waals surface area contributed by atoms with Crippen molar-refractivity contribution in [3.05, 3.63) is 35.9 Å². The van der Waals surface area contributed by atoms with Gasteiger partial charge in [0, 0.05) is 0 Å². The fourth-order valence-electron chi connectivity index (χ4n) is 3.09. The highest BCUT2D eigenvalue weighted by molar-refractivity contribution is 5.13. The van der Waals surface area contributed by atoms with Crippen LogP contribution in [0.1, 0.15) is 19.4 Å². The summed E-state index contributed by atoms with van der Waals surface area (Å²) in [4.78, 5) is 0. The summed E-state index contributed by atoms with van der Waals surface area (Å²) < 4.78 is 60.1. The molecule has 1 rings (SSSR count). The van der Waals surface area contributed by atoms with Gasteiger partial charge in [-0.25, -0.2) is 0 Å². The maximum atomic E-state index is 5.56. The first-order chi connectivity index (χ1) is 20.3. The second kappa shape index (κ2) is 31.7. The molecule has 0 amide bonds. The predicted octanol–water partition coefficient (Wildman–Crippen LogP) is 2.78. The lowest BCUT2D eigenvalue weighted by atomic mass is 10.2. The van der Waals surface area contributed by atoms with Crippen molar-refractivity contribution in [3.63, 3.8) is 0 Å². The normalized spacial score (nSPS) is 11.6. The molecule has 11 heteroatoms. The number of hydrogen-bond acceptors (Lipinski definition) is 11. The van der Waals surface area contributed by atoms with E-state index in [1.54, 1.807) is 0 Å². The van der Waals surface area contributed by atoms with E-state index < -0.39 is 0 Å². The second-order valence-electron chi connectivity index (χ2n) is 8.97. The summed E-state index contributed by atoms with van der Waals surface area (Å²) in [6.45, 7) is 15.4. The zero-order valence-corrected chi connectivity index (χ0v) is 25.3. The Kier molecular flexibility index (Phi) is 29.2. The van der Waals surface area contributed by atoms with E-state index in [4.69, 9.17) is 52.1 Å². The summed E-state index contributed by atoms with van der Waals surface area (Å²) in [5.41, 5.74) is 1.16. The third kappa shape index (κ3) is 30.1. The van der Waals surface area contributed by atoms with Gasteiger partial charge in [-0.3, -0.25) is 0 Å². The monoisotopic (exact) mass is 590 g/mol. The molecule has 0 bridgehead atoms.